The van der Waals surface area contributed by atoms with E-state index in [1.165, 1.54) is 11.1 Å². The zero-order valence-corrected chi connectivity index (χ0v) is 8.33. The van der Waals surface area contributed by atoms with Gasteiger partial charge in [0, 0.05) is 12.4 Å². The van der Waals surface area contributed by atoms with E-state index in [0.717, 1.165) is 0 Å². The minimum atomic E-state index is 0. The molecular formula is C12H21N. The van der Waals surface area contributed by atoms with Gasteiger partial charge in [0.15, 0.2) is 0 Å². The highest BCUT2D eigenvalue weighted by Crippen LogP contribution is 2.18. The molecule has 0 aliphatic heterocycles. The van der Waals surface area contributed by atoms with E-state index >= 15 is 0 Å². The van der Waals surface area contributed by atoms with Gasteiger partial charge in [-0.2, -0.15) is 0 Å². The summed E-state index contributed by atoms with van der Waals surface area (Å²) in [5.74, 6) is 1.16. The lowest BCUT2D eigenvalue weighted by Gasteiger charge is -2.09. The molecule has 1 aromatic rings. The summed E-state index contributed by atoms with van der Waals surface area (Å²) in [6, 6.07) is 2.25. The van der Waals surface area contributed by atoms with Crippen molar-refractivity contribution < 1.29 is 0 Å². The first kappa shape index (κ1) is 12.2. The molecule has 1 heterocycles. The van der Waals surface area contributed by atoms with Gasteiger partial charge in [-0.3, -0.25) is 4.98 Å². The second-order valence-corrected chi connectivity index (χ2v) is 3.86. The minimum Gasteiger partial charge on any atom is -0.264 e. The Bertz CT molecular complexity index is 228. The van der Waals surface area contributed by atoms with Crippen molar-refractivity contribution in [3.05, 3.63) is 29.6 Å². The normalized spacial score (nSPS) is 10.3. The predicted octanol–water partition coefficient (Wildman–Crippen LogP) is 3.96. The van der Waals surface area contributed by atoms with E-state index < -0.39 is 0 Å². The smallest absolute Gasteiger partial charge is 0.0302 e. The Morgan fingerprint density at radius 3 is 1.62 bits per heavy atom. The predicted molar refractivity (Wildman–Crippen MR) is 59.1 cm³/mol. The van der Waals surface area contributed by atoms with Crippen molar-refractivity contribution in [2.75, 3.05) is 0 Å². The van der Waals surface area contributed by atoms with Gasteiger partial charge < -0.3 is 0 Å². The number of hydrogen-bond donors (Lipinski definition) is 0. The van der Waals surface area contributed by atoms with E-state index in [2.05, 4.69) is 38.7 Å². The van der Waals surface area contributed by atoms with Crippen LogP contribution in [0.15, 0.2) is 18.5 Å². The van der Waals surface area contributed by atoms with Crippen molar-refractivity contribution in [3.63, 3.8) is 0 Å². The molecule has 0 N–H and O–H groups in total. The average molecular weight is 179 g/mol. The van der Waals surface area contributed by atoms with Crippen LogP contribution in [-0.4, -0.2) is 4.98 Å². The average Bonchev–Trinajstić information content (AvgIpc) is 2.04. The van der Waals surface area contributed by atoms with Crippen LogP contribution in [0.4, 0.5) is 0 Å². The maximum absolute atomic E-state index is 4.23. The maximum atomic E-state index is 4.23. The third-order valence-corrected chi connectivity index (χ3v) is 2.11. The largest absolute Gasteiger partial charge is 0.264 e. The highest BCUT2D eigenvalue weighted by Gasteiger charge is 2.03. The van der Waals surface area contributed by atoms with Crippen LogP contribution in [0.1, 0.15) is 58.1 Å². The van der Waals surface area contributed by atoms with Crippen molar-refractivity contribution in [1.29, 1.82) is 0 Å². The van der Waals surface area contributed by atoms with Gasteiger partial charge in [0.2, 0.25) is 0 Å². The fourth-order valence-electron chi connectivity index (χ4n) is 1.11. The summed E-state index contributed by atoms with van der Waals surface area (Å²) >= 11 is 0. The third-order valence-electron chi connectivity index (χ3n) is 2.11. The maximum Gasteiger partial charge on any atom is 0.0302 e. The Hall–Kier alpha value is -0.850. The quantitative estimate of drug-likeness (QED) is 0.669. The van der Waals surface area contributed by atoms with Crippen molar-refractivity contribution in [2.24, 2.45) is 0 Å². The molecule has 1 heteroatoms. The van der Waals surface area contributed by atoms with Crippen LogP contribution in [-0.2, 0) is 0 Å². The number of nitrogens with zero attached hydrogens (tertiary/aromatic N) is 1. The number of rotatable bonds is 2. The second-order valence-electron chi connectivity index (χ2n) is 3.86. The Morgan fingerprint density at radius 2 is 1.31 bits per heavy atom. The zero-order chi connectivity index (χ0) is 9.14. The molecule has 0 aliphatic carbocycles. The van der Waals surface area contributed by atoms with Gasteiger partial charge in [0.05, 0.1) is 0 Å². The van der Waals surface area contributed by atoms with E-state index in [1.54, 1.807) is 0 Å². The third kappa shape index (κ3) is 3.17. The molecule has 0 fully saturated rings. The first-order valence-corrected chi connectivity index (χ1v) is 4.56. The minimum absolute atomic E-state index is 0. The van der Waals surface area contributed by atoms with Crippen molar-refractivity contribution >= 4 is 0 Å². The van der Waals surface area contributed by atoms with Gasteiger partial charge in [-0.1, -0.05) is 41.2 Å². The highest BCUT2D eigenvalue weighted by molar-refractivity contribution is 5.22. The van der Waals surface area contributed by atoms with E-state index in [9.17, 15) is 0 Å². The summed E-state index contributed by atoms with van der Waals surface area (Å²) < 4.78 is 0. The number of pyridine rings is 1. The molecule has 0 amide bonds. The van der Waals surface area contributed by atoms with E-state index in [4.69, 9.17) is 0 Å². The Morgan fingerprint density at radius 1 is 0.923 bits per heavy atom. The first-order chi connectivity index (χ1) is 5.61. The van der Waals surface area contributed by atoms with Crippen LogP contribution in [0, 0.1) is 0 Å². The van der Waals surface area contributed by atoms with E-state index in [1.807, 2.05) is 12.4 Å². The lowest BCUT2D eigenvalue weighted by Crippen LogP contribution is -1.94. The van der Waals surface area contributed by atoms with Gasteiger partial charge in [0.1, 0.15) is 0 Å². The molecule has 13 heavy (non-hydrogen) atoms. The molecule has 0 atom stereocenters. The van der Waals surface area contributed by atoms with E-state index in [-0.39, 0.29) is 7.43 Å². The molecule has 1 aromatic heterocycles. The summed E-state index contributed by atoms with van der Waals surface area (Å²) in [7, 11) is 0. The first-order valence-electron chi connectivity index (χ1n) is 4.56. The van der Waals surface area contributed by atoms with Gasteiger partial charge >= 0.3 is 0 Å². The standard InChI is InChI=1S/C11H17N.CH4/c1-8(2)10-5-11(9(3)4)7-12-6-10;/h5-9H,1-4H3;1H4. The molecule has 0 saturated heterocycles. The van der Waals surface area contributed by atoms with E-state index in [0.29, 0.717) is 11.8 Å². The van der Waals surface area contributed by atoms with Crippen LogP contribution < -0.4 is 0 Å². The lowest BCUT2D eigenvalue weighted by atomic mass is 9.99. The Kier molecular flexibility index (Phi) is 4.68. The fraction of sp³-hybridized carbons (Fsp3) is 0.583. The molecule has 0 radical (unpaired) electrons. The van der Waals surface area contributed by atoms with Crippen LogP contribution >= 0.6 is 0 Å². The number of hydrogen-bond acceptors (Lipinski definition) is 1. The van der Waals surface area contributed by atoms with Crippen LogP contribution in [0.3, 0.4) is 0 Å². The van der Waals surface area contributed by atoms with Gasteiger partial charge in [-0.15, -0.1) is 0 Å². The van der Waals surface area contributed by atoms with Crippen LogP contribution in [0.25, 0.3) is 0 Å². The molecule has 0 spiro atoms. The van der Waals surface area contributed by atoms with Crippen LogP contribution in [0.5, 0.6) is 0 Å². The molecule has 0 saturated carbocycles. The van der Waals surface area contributed by atoms with Crippen molar-refractivity contribution in [2.45, 2.75) is 47.0 Å². The zero-order valence-electron chi connectivity index (χ0n) is 8.33. The second kappa shape index (κ2) is 5.00. The summed E-state index contributed by atoms with van der Waals surface area (Å²) in [4.78, 5) is 4.23. The Balaban J connectivity index is 0.00000144. The summed E-state index contributed by atoms with van der Waals surface area (Å²) in [5, 5.41) is 0. The topological polar surface area (TPSA) is 12.9 Å². The molecule has 1 nitrogen and oxygen atoms in total. The van der Waals surface area contributed by atoms with Crippen LogP contribution in [0.2, 0.25) is 0 Å². The lowest BCUT2D eigenvalue weighted by molar-refractivity contribution is 0.820. The molecule has 1 rings (SSSR count). The van der Waals surface area contributed by atoms with Gasteiger partial charge in [-0.25, -0.2) is 0 Å². The Labute approximate surface area is 82.2 Å². The molecule has 74 valence electrons. The van der Waals surface area contributed by atoms with Crippen molar-refractivity contribution in [3.8, 4) is 0 Å². The summed E-state index contributed by atoms with van der Waals surface area (Å²) in [5.41, 5.74) is 2.67. The van der Waals surface area contributed by atoms with Gasteiger partial charge in [0.25, 0.3) is 0 Å². The number of aromatic nitrogens is 1. The summed E-state index contributed by atoms with van der Waals surface area (Å²) in [6.45, 7) is 8.78. The summed E-state index contributed by atoms with van der Waals surface area (Å²) in [6.07, 6.45) is 3.91. The highest BCUT2D eigenvalue weighted by atomic mass is 14.6. The molecule has 0 bridgehead atoms. The molecule has 0 aliphatic rings. The monoisotopic (exact) mass is 179 g/mol. The SMILES string of the molecule is C.CC(C)c1cncc(C(C)C)c1. The molecule has 0 unspecified atom stereocenters. The van der Waals surface area contributed by atoms with Gasteiger partial charge in [-0.05, 0) is 23.0 Å². The molecular weight excluding hydrogens is 158 g/mol. The fourth-order valence-corrected chi connectivity index (χ4v) is 1.11. The van der Waals surface area contributed by atoms with Crippen molar-refractivity contribution in [1.82, 2.24) is 4.98 Å². The molecule has 0 aromatic carbocycles.